The van der Waals surface area contributed by atoms with Crippen LogP contribution in [0.3, 0.4) is 0 Å². The first kappa shape index (κ1) is 21.8. The Balaban J connectivity index is 1.93. The minimum Gasteiger partial charge on any atom is -0.612 e. The van der Waals surface area contributed by atoms with Gasteiger partial charge in [0.2, 0.25) is 0 Å². The van der Waals surface area contributed by atoms with E-state index in [0.717, 1.165) is 5.56 Å². The quantitative estimate of drug-likeness (QED) is 0.269. The number of benzene rings is 2. The van der Waals surface area contributed by atoms with E-state index in [9.17, 15) is 17.4 Å². The topological polar surface area (TPSA) is 118 Å². The van der Waals surface area contributed by atoms with Gasteiger partial charge in [-0.3, -0.25) is 4.28 Å². The van der Waals surface area contributed by atoms with Crippen LogP contribution >= 0.6 is 0 Å². The monoisotopic (exact) mass is 447 g/mol. The van der Waals surface area contributed by atoms with Crippen LogP contribution in [0, 0.1) is 12.7 Å². The summed E-state index contributed by atoms with van der Waals surface area (Å²) in [6.45, 7) is 1.82. The number of pyridine rings is 1. The number of nitrogens with two attached hydrogens (primary N) is 1. The molecule has 7 nitrogen and oxygen atoms in total. The minimum absolute atomic E-state index is 0.00934. The molecule has 0 fully saturated rings. The lowest BCUT2D eigenvalue weighted by Crippen LogP contribution is -2.20. The summed E-state index contributed by atoms with van der Waals surface area (Å²) in [7, 11) is -4.18. The molecule has 2 N–H and O–H groups in total. The van der Waals surface area contributed by atoms with E-state index in [1.807, 2.05) is 6.92 Å². The number of amidine groups is 1. The smallest absolute Gasteiger partial charge is 0.358 e. The van der Waals surface area contributed by atoms with Crippen molar-refractivity contribution < 1.29 is 21.6 Å². The molecule has 0 spiro atoms. The normalized spacial score (nSPS) is 13.1. The number of hydrogen-bond donors (Lipinski definition) is 1. The van der Waals surface area contributed by atoms with Gasteiger partial charge in [-0.2, -0.15) is 8.42 Å². The number of nitrogens with zero attached hydrogens (tertiary/aromatic N) is 2. The standard InChI is InChI=1S/C20H18FN3O4S2/c1-13-6-8-17(9-7-13)30(26,27)28-24-20(22)19-18(29(2)25)11-15(12-23-19)14-4-3-5-16(21)10-14/h3-12H,1-2H3,(H2,22,24)/t29-/m1/s1. The second-order valence-electron chi connectivity index (χ2n) is 6.35. The highest BCUT2D eigenvalue weighted by Gasteiger charge is 2.21. The van der Waals surface area contributed by atoms with Crippen LogP contribution in [-0.2, 0) is 25.6 Å². The highest BCUT2D eigenvalue weighted by atomic mass is 32.2. The Morgan fingerprint density at radius 2 is 1.87 bits per heavy atom. The average molecular weight is 448 g/mol. The first-order valence-corrected chi connectivity index (χ1v) is 11.6. The van der Waals surface area contributed by atoms with Gasteiger partial charge in [0.25, 0.3) is 0 Å². The average Bonchev–Trinajstić information content (AvgIpc) is 2.72. The largest absolute Gasteiger partial charge is 0.612 e. The summed E-state index contributed by atoms with van der Waals surface area (Å²) in [5, 5.41) is 3.47. The van der Waals surface area contributed by atoms with Gasteiger partial charge >= 0.3 is 10.1 Å². The molecule has 10 heteroatoms. The van der Waals surface area contributed by atoms with Crippen molar-refractivity contribution in [2.45, 2.75) is 16.7 Å². The lowest BCUT2D eigenvalue weighted by molar-refractivity contribution is 0.338. The fourth-order valence-corrected chi connectivity index (χ4v) is 4.02. The van der Waals surface area contributed by atoms with Gasteiger partial charge < -0.3 is 10.3 Å². The van der Waals surface area contributed by atoms with E-state index in [2.05, 4.69) is 14.4 Å². The lowest BCUT2D eigenvalue weighted by atomic mass is 10.1. The van der Waals surface area contributed by atoms with Gasteiger partial charge in [-0.15, -0.1) is 0 Å². The first-order valence-electron chi connectivity index (χ1n) is 8.61. The third-order valence-corrected chi connectivity index (χ3v) is 6.16. The third kappa shape index (κ3) is 4.96. The lowest BCUT2D eigenvalue weighted by Gasteiger charge is -2.11. The predicted octanol–water partition coefficient (Wildman–Crippen LogP) is 2.96. The van der Waals surface area contributed by atoms with Crippen LogP contribution in [0.5, 0.6) is 0 Å². The molecule has 0 aliphatic rings. The Labute approximate surface area is 176 Å². The second-order valence-corrected chi connectivity index (χ2v) is 9.23. The third-order valence-electron chi connectivity index (χ3n) is 4.11. The van der Waals surface area contributed by atoms with Crippen molar-refractivity contribution in [3.05, 3.63) is 77.9 Å². The van der Waals surface area contributed by atoms with E-state index in [1.165, 1.54) is 42.8 Å². The molecule has 0 radical (unpaired) electrons. The maximum atomic E-state index is 13.5. The highest BCUT2D eigenvalue weighted by molar-refractivity contribution is 7.90. The molecule has 0 amide bonds. The number of oxime groups is 1. The van der Waals surface area contributed by atoms with Crippen LogP contribution < -0.4 is 5.73 Å². The van der Waals surface area contributed by atoms with Crippen molar-refractivity contribution in [2.24, 2.45) is 10.9 Å². The van der Waals surface area contributed by atoms with Crippen LogP contribution in [-0.4, -0.2) is 30.0 Å². The predicted molar refractivity (Wildman–Crippen MR) is 112 cm³/mol. The summed E-state index contributed by atoms with van der Waals surface area (Å²) in [4.78, 5) is 4.26. The molecule has 0 aliphatic carbocycles. The van der Waals surface area contributed by atoms with Gasteiger partial charge in [0, 0.05) is 17.8 Å². The Morgan fingerprint density at radius 1 is 1.17 bits per heavy atom. The SMILES string of the molecule is Cc1ccc(S(=O)(=O)O/N=C(\N)c2ncc(-c3cccc(F)c3)cc2[S@@+](C)[O-])cc1. The molecule has 3 rings (SSSR count). The van der Waals surface area contributed by atoms with E-state index < -0.39 is 27.1 Å². The van der Waals surface area contributed by atoms with E-state index >= 15 is 0 Å². The van der Waals surface area contributed by atoms with Crippen LogP contribution in [0.15, 0.2) is 75.7 Å². The Kier molecular flexibility index (Phi) is 6.40. The Morgan fingerprint density at radius 3 is 2.50 bits per heavy atom. The van der Waals surface area contributed by atoms with Gasteiger partial charge in [-0.25, -0.2) is 9.37 Å². The van der Waals surface area contributed by atoms with E-state index in [-0.39, 0.29) is 21.3 Å². The molecule has 1 heterocycles. The Hall–Kier alpha value is -2.95. The van der Waals surface area contributed by atoms with Crippen LogP contribution in [0.2, 0.25) is 0 Å². The molecule has 1 aromatic heterocycles. The Bertz CT molecular complexity index is 1200. The minimum atomic E-state index is -4.18. The van der Waals surface area contributed by atoms with Crippen LogP contribution in [0.1, 0.15) is 11.3 Å². The van der Waals surface area contributed by atoms with Crippen LogP contribution in [0.25, 0.3) is 11.1 Å². The molecular weight excluding hydrogens is 429 g/mol. The van der Waals surface area contributed by atoms with Gasteiger partial charge in [0.15, 0.2) is 16.4 Å². The summed E-state index contributed by atoms with van der Waals surface area (Å²) in [5.41, 5.74) is 7.81. The zero-order chi connectivity index (χ0) is 21.9. The van der Waals surface area contributed by atoms with Crippen molar-refractivity contribution in [3.8, 4) is 11.1 Å². The fraction of sp³-hybridized carbons (Fsp3) is 0.100. The molecule has 0 saturated carbocycles. The first-order chi connectivity index (χ1) is 14.2. The van der Waals surface area contributed by atoms with Gasteiger partial charge in [-0.1, -0.05) is 29.8 Å². The fourth-order valence-electron chi connectivity index (χ4n) is 2.56. The number of rotatable bonds is 6. The summed E-state index contributed by atoms with van der Waals surface area (Å²) in [5.74, 6) is -0.784. The zero-order valence-electron chi connectivity index (χ0n) is 16.1. The number of halogens is 1. The molecule has 2 aromatic carbocycles. The van der Waals surface area contributed by atoms with Crippen molar-refractivity contribution in [2.75, 3.05) is 6.26 Å². The van der Waals surface area contributed by atoms with Gasteiger partial charge in [-0.05, 0) is 53.1 Å². The molecule has 1 atom stereocenters. The molecule has 0 saturated heterocycles. The summed E-state index contributed by atoms with van der Waals surface area (Å²) in [6, 6.07) is 13.4. The highest BCUT2D eigenvalue weighted by Crippen LogP contribution is 2.24. The number of aromatic nitrogens is 1. The number of hydrogen-bond acceptors (Lipinski definition) is 6. The maximum Gasteiger partial charge on any atom is 0.358 e. The van der Waals surface area contributed by atoms with Gasteiger partial charge in [0.05, 0.1) is 0 Å². The van der Waals surface area contributed by atoms with Crippen molar-refractivity contribution in [1.82, 2.24) is 4.98 Å². The van der Waals surface area contributed by atoms with E-state index in [1.54, 1.807) is 24.3 Å². The van der Waals surface area contributed by atoms with E-state index in [0.29, 0.717) is 11.1 Å². The molecule has 0 bridgehead atoms. The molecule has 156 valence electrons. The maximum absolute atomic E-state index is 13.5. The van der Waals surface area contributed by atoms with E-state index in [4.69, 9.17) is 5.73 Å². The second kappa shape index (κ2) is 8.82. The number of aryl methyl sites for hydroxylation is 1. The molecule has 0 aliphatic heterocycles. The summed E-state index contributed by atoms with van der Waals surface area (Å²) in [6.07, 6.45) is 2.81. The van der Waals surface area contributed by atoms with Gasteiger partial charge in [0.1, 0.15) is 17.0 Å². The summed E-state index contributed by atoms with van der Waals surface area (Å²) < 4.78 is 54.9. The van der Waals surface area contributed by atoms with Crippen molar-refractivity contribution in [1.29, 1.82) is 0 Å². The zero-order valence-corrected chi connectivity index (χ0v) is 17.7. The molecule has 3 aromatic rings. The van der Waals surface area contributed by atoms with Crippen molar-refractivity contribution in [3.63, 3.8) is 0 Å². The summed E-state index contributed by atoms with van der Waals surface area (Å²) >= 11 is -1.54. The van der Waals surface area contributed by atoms with Crippen LogP contribution in [0.4, 0.5) is 4.39 Å². The van der Waals surface area contributed by atoms with Crippen molar-refractivity contribution >= 4 is 27.1 Å². The molecule has 0 unspecified atom stereocenters. The molecular formula is C20H18FN3O4S2. The molecule has 30 heavy (non-hydrogen) atoms.